The van der Waals surface area contributed by atoms with Crippen LogP contribution in [0.25, 0.3) is 0 Å². The largest absolute Gasteiger partial charge is 0.444 e. The zero-order valence-electron chi connectivity index (χ0n) is 11.9. The lowest BCUT2D eigenvalue weighted by Gasteiger charge is -2.50. The number of nitrogens with zero attached hydrogens (tertiary/aromatic N) is 2. The summed E-state index contributed by atoms with van der Waals surface area (Å²) >= 11 is 0. The summed E-state index contributed by atoms with van der Waals surface area (Å²) in [5.41, 5.74) is -0.409. The lowest BCUT2D eigenvalue weighted by Crippen LogP contribution is -2.68. The Hall–Kier alpha value is -0.810. The number of nitrogens with one attached hydrogen (secondary N) is 1. The van der Waals surface area contributed by atoms with Crippen LogP contribution < -0.4 is 5.32 Å². The van der Waals surface area contributed by atoms with Crippen LogP contribution in [-0.4, -0.2) is 73.4 Å². The number of quaternary nitrogens is 1. The molecule has 3 aliphatic heterocycles. The standard InChI is InChI=1S/C13H25N3O2/c1-13(2,3)18-12(17)14-4-8-16-9-5-15(6-10-16)7-11-16/h4-11H2,1-3H3/p+1. The highest BCUT2D eigenvalue weighted by Crippen LogP contribution is 2.18. The molecule has 0 radical (unpaired) electrons. The van der Waals surface area contributed by atoms with E-state index in [0.717, 1.165) is 13.1 Å². The third-order valence-electron chi connectivity index (χ3n) is 3.93. The first-order valence-corrected chi connectivity index (χ1v) is 6.93. The van der Waals surface area contributed by atoms with E-state index in [1.807, 2.05) is 20.8 Å². The zero-order valence-corrected chi connectivity index (χ0v) is 11.9. The average molecular weight is 256 g/mol. The van der Waals surface area contributed by atoms with Crippen LogP contribution in [0.5, 0.6) is 0 Å². The highest BCUT2D eigenvalue weighted by Gasteiger charge is 2.37. The summed E-state index contributed by atoms with van der Waals surface area (Å²) in [6.45, 7) is 14.8. The average Bonchev–Trinajstić information content (AvgIpc) is 2.28. The summed E-state index contributed by atoms with van der Waals surface area (Å²) < 4.78 is 6.41. The molecule has 5 nitrogen and oxygen atoms in total. The van der Waals surface area contributed by atoms with Crippen LogP contribution in [0.15, 0.2) is 0 Å². The van der Waals surface area contributed by atoms with Crippen LogP contribution in [0.3, 0.4) is 0 Å². The van der Waals surface area contributed by atoms with E-state index in [2.05, 4.69) is 10.2 Å². The summed E-state index contributed by atoms with van der Waals surface area (Å²) in [7, 11) is 0. The molecule has 0 spiro atoms. The van der Waals surface area contributed by atoms with Gasteiger partial charge in [-0.2, -0.15) is 0 Å². The fourth-order valence-corrected chi connectivity index (χ4v) is 2.78. The Morgan fingerprint density at radius 3 is 2.28 bits per heavy atom. The van der Waals surface area contributed by atoms with Crippen LogP contribution >= 0.6 is 0 Å². The molecule has 0 aromatic carbocycles. The number of carbonyl (C=O) groups excluding carboxylic acids is 1. The minimum absolute atomic E-state index is 0.295. The van der Waals surface area contributed by atoms with Crippen molar-refractivity contribution in [3.63, 3.8) is 0 Å². The van der Waals surface area contributed by atoms with Crippen molar-refractivity contribution in [1.29, 1.82) is 0 Å². The van der Waals surface area contributed by atoms with Gasteiger partial charge < -0.3 is 14.5 Å². The summed E-state index contributed by atoms with van der Waals surface area (Å²) in [5, 5.41) is 2.87. The normalized spacial score (nSPS) is 31.2. The number of rotatable bonds is 3. The van der Waals surface area contributed by atoms with Crippen molar-refractivity contribution < 1.29 is 14.0 Å². The van der Waals surface area contributed by atoms with Crippen molar-refractivity contribution in [3.05, 3.63) is 0 Å². The molecule has 2 bridgehead atoms. The van der Waals surface area contributed by atoms with Gasteiger partial charge in [0.15, 0.2) is 0 Å². The van der Waals surface area contributed by atoms with Gasteiger partial charge >= 0.3 is 6.09 Å². The molecular weight excluding hydrogens is 230 g/mol. The molecule has 0 aromatic heterocycles. The van der Waals surface area contributed by atoms with E-state index in [1.165, 1.54) is 43.8 Å². The minimum atomic E-state index is -0.409. The monoisotopic (exact) mass is 256 g/mol. The lowest BCUT2D eigenvalue weighted by molar-refractivity contribution is -0.939. The van der Waals surface area contributed by atoms with E-state index in [4.69, 9.17) is 4.74 Å². The van der Waals surface area contributed by atoms with Gasteiger partial charge in [0.1, 0.15) is 5.60 Å². The van der Waals surface area contributed by atoms with Crippen LogP contribution in [0.1, 0.15) is 20.8 Å². The topological polar surface area (TPSA) is 41.6 Å². The fraction of sp³-hybridized carbons (Fsp3) is 0.923. The molecule has 1 N–H and O–H groups in total. The molecule has 5 heteroatoms. The molecule has 18 heavy (non-hydrogen) atoms. The summed E-state index contributed by atoms with van der Waals surface area (Å²) in [6.07, 6.45) is -0.295. The number of fused-ring (bicyclic) bond motifs is 3. The highest BCUT2D eigenvalue weighted by atomic mass is 16.6. The molecule has 3 aliphatic rings. The Balaban J connectivity index is 1.70. The molecule has 3 saturated heterocycles. The second-order valence-corrected chi connectivity index (χ2v) is 6.51. The predicted molar refractivity (Wildman–Crippen MR) is 70.4 cm³/mol. The molecule has 3 heterocycles. The third-order valence-corrected chi connectivity index (χ3v) is 3.93. The van der Waals surface area contributed by atoms with E-state index >= 15 is 0 Å². The first-order chi connectivity index (χ1) is 8.39. The van der Waals surface area contributed by atoms with Crippen molar-refractivity contribution in [2.45, 2.75) is 26.4 Å². The third kappa shape index (κ3) is 3.59. The van der Waals surface area contributed by atoms with Gasteiger partial charge in [-0.1, -0.05) is 0 Å². The van der Waals surface area contributed by atoms with Gasteiger partial charge in [0.25, 0.3) is 0 Å². The molecular formula is C13H26N3O2+. The van der Waals surface area contributed by atoms with E-state index in [9.17, 15) is 4.79 Å². The smallest absolute Gasteiger partial charge is 0.407 e. The molecule has 3 rings (SSSR count). The van der Waals surface area contributed by atoms with Crippen LogP contribution in [0.2, 0.25) is 0 Å². The SMILES string of the molecule is CC(C)(C)OC(=O)NCC[N+]12CCN(CC1)CC2. The van der Waals surface area contributed by atoms with Gasteiger partial charge in [0.2, 0.25) is 0 Å². The van der Waals surface area contributed by atoms with E-state index in [-0.39, 0.29) is 6.09 Å². The Bertz CT molecular complexity index is 290. The maximum atomic E-state index is 11.6. The highest BCUT2D eigenvalue weighted by molar-refractivity contribution is 5.67. The first-order valence-electron chi connectivity index (χ1n) is 6.93. The molecule has 0 aliphatic carbocycles. The Morgan fingerprint density at radius 2 is 1.78 bits per heavy atom. The molecule has 0 unspecified atom stereocenters. The van der Waals surface area contributed by atoms with Crippen molar-refractivity contribution >= 4 is 6.09 Å². The Kier molecular flexibility index (Phi) is 3.82. The number of piperazine rings is 3. The number of ether oxygens (including phenoxy) is 1. The van der Waals surface area contributed by atoms with Crippen LogP contribution in [0.4, 0.5) is 4.79 Å². The second-order valence-electron chi connectivity index (χ2n) is 6.51. The van der Waals surface area contributed by atoms with Gasteiger partial charge in [0.05, 0.1) is 32.7 Å². The molecule has 1 amide bonds. The van der Waals surface area contributed by atoms with Crippen LogP contribution in [-0.2, 0) is 4.74 Å². The molecule has 0 saturated carbocycles. The predicted octanol–water partition coefficient (Wildman–Crippen LogP) is 0.657. The van der Waals surface area contributed by atoms with Crippen molar-refractivity contribution in [2.24, 2.45) is 0 Å². The zero-order chi connectivity index (χ0) is 13.2. The van der Waals surface area contributed by atoms with Crippen molar-refractivity contribution in [2.75, 3.05) is 52.4 Å². The number of amides is 1. The van der Waals surface area contributed by atoms with Crippen molar-refractivity contribution in [3.8, 4) is 0 Å². The molecule has 104 valence electrons. The summed E-state index contributed by atoms with van der Waals surface area (Å²) in [6, 6.07) is 0. The van der Waals surface area contributed by atoms with E-state index in [1.54, 1.807) is 0 Å². The van der Waals surface area contributed by atoms with Crippen LogP contribution in [0, 0.1) is 0 Å². The molecule has 0 atom stereocenters. The van der Waals surface area contributed by atoms with Gasteiger partial charge in [-0.05, 0) is 20.8 Å². The van der Waals surface area contributed by atoms with Gasteiger partial charge in [-0.15, -0.1) is 0 Å². The minimum Gasteiger partial charge on any atom is -0.444 e. The number of hydrogen-bond acceptors (Lipinski definition) is 3. The molecule has 3 fully saturated rings. The number of hydrogen-bond donors (Lipinski definition) is 1. The lowest BCUT2D eigenvalue weighted by atomic mass is 10.1. The van der Waals surface area contributed by atoms with E-state index in [0.29, 0.717) is 0 Å². The fourth-order valence-electron chi connectivity index (χ4n) is 2.78. The number of carbonyl (C=O) groups is 1. The van der Waals surface area contributed by atoms with Crippen molar-refractivity contribution in [1.82, 2.24) is 10.2 Å². The second kappa shape index (κ2) is 5.05. The Morgan fingerprint density at radius 1 is 1.22 bits per heavy atom. The number of alkyl carbamates (subject to hydrolysis) is 1. The maximum absolute atomic E-state index is 11.6. The Labute approximate surface area is 110 Å². The summed E-state index contributed by atoms with van der Waals surface area (Å²) in [4.78, 5) is 14.1. The van der Waals surface area contributed by atoms with E-state index < -0.39 is 5.60 Å². The van der Waals surface area contributed by atoms with Gasteiger partial charge in [0, 0.05) is 19.6 Å². The maximum Gasteiger partial charge on any atom is 0.407 e. The summed E-state index contributed by atoms with van der Waals surface area (Å²) in [5.74, 6) is 0. The van der Waals surface area contributed by atoms with Gasteiger partial charge in [-0.25, -0.2) is 4.79 Å². The quantitative estimate of drug-likeness (QED) is 0.754. The van der Waals surface area contributed by atoms with Gasteiger partial charge in [-0.3, -0.25) is 4.90 Å². The molecule has 0 aromatic rings. The first kappa shape index (κ1) is 13.6.